The maximum absolute atomic E-state index is 2.34. The molecule has 0 aliphatic heterocycles. The molecule has 0 spiro atoms. The number of thiophene rings is 1. The fraction of sp³-hybridized carbons (Fsp3) is 0.556. The molecule has 1 atom stereocenters. The molecular weight excluding hydrogens is 154 g/mol. The Morgan fingerprint density at radius 2 is 2.36 bits per heavy atom. The van der Waals surface area contributed by atoms with E-state index in [0.717, 1.165) is 6.54 Å². The van der Waals surface area contributed by atoms with Crippen LogP contribution in [-0.4, -0.2) is 18.5 Å². The zero-order valence-corrected chi connectivity index (χ0v) is 8.19. The van der Waals surface area contributed by atoms with Gasteiger partial charge in [0, 0.05) is 10.9 Å². The van der Waals surface area contributed by atoms with Gasteiger partial charge in [-0.15, -0.1) is 11.3 Å². The molecule has 1 rings (SSSR count). The summed E-state index contributed by atoms with van der Waals surface area (Å²) in [5.41, 5.74) is 0. The number of rotatable bonds is 3. The first-order chi connectivity index (χ1) is 5.25. The van der Waals surface area contributed by atoms with Gasteiger partial charge < -0.3 is 0 Å². The number of hydrogen-bond acceptors (Lipinski definition) is 2. The van der Waals surface area contributed by atoms with Crippen LogP contribution < -0.4 is 0 Å². The van der Waals surface area contributed by atoms with Gasteiger partial charge in [0.15, 0.2) is 0 Å². The lowest BCUT2D eigenvalue weighted by molar-refractivity contribution is 0.279. The van der Waals surface area contributed by atoms with E-state index in [-0.39, 0.29) is 0 Å². The molecule has 1 aromatic rings. The quantitative estimate of drug-likeness (QED) is 0.672. The van der Waals surface area contributed by atoms with E-state index < -0.39 is 0 Å². The molecule has 0 fully saturated rings. The highest BCUT2D eigenvalue weighted by Crippen LogP contribution is 2.22. The highest BCUT2D eigenvalue weighted by Gasteiger charge is 2.09. The van der Waals surface area contributed by atoms with Gasteiger partial charge in [-0.25, -0.2) is 0 Å². The number of nitrogens with zero attached hydrogens (tertiary/aromatic N) is 1. The molecule has 0 saturated carbocycles. The predicted molar refractivity (Wildman–Crippen MR) is 51.0 cm³/mol. The van der Waals surface area contributed by atoms with Gasteiger partial charge in [0.25, 0.3) is 0 Å². The lowest BCUT2D eigenvalue weighted by Crippen LogP contribution is -2.20. The Kier molecular flexibility index (Phi) is 3.09. The van der Waals surface area contributed by atoms with Gasteiger partial charge in [-0.3, -0.25) is 4.90 Å². The van der Waals surface area contributed by atoms with Crippen LogP contribution >= 0.6 is 11.3 Å². The normalized spacial score (nSPS) is 13.8. The van der Waals surface area contributed by atoms with Gasteiger partial charge in [0.05, 0.1) is 0 Å². The molecule has 11 heavy (non-hydrogen) atoms. The highest BCUT2D eigenvalue weighted by molar-refractivity contribution is 7.10. The first-order valence-electron chi connectivity index (χ1n) is 3.99. The van der Waals surface area contributed by atoms with Crippen LogP contribution in [0.5, 0.6) is 0 Å². The zero-order valence-electron chi connectivity index (χ0n) is 7.37. The second-order valence-electron chi connectivity index (χ2n) is 2.76. The van der Waals surface area contributed by atoms with Crippen LogP contribution in [0.15, 0.2) is 17.5 Å². The molecule has 0 aromatic carbocycles. The second kappa shape index (κ2) is 3.88. The molecule has 62 valence electrons. The third-order valence-corrected chi connectivity index (χ3v) is 3.16. The van der Waals surface area contributed by atoms with Gasteiger partial charge >= 0.3 is 0 Å². The van der Waals surface area contributed by atoms with Crippen LogP contribution in [0.25, 0.3) is 0 Å². The Morgan fingerprint density at radius 3 is 2.82 bits per heavy atom. The first-order valence-corrected chi connectivity index (χ1v) is 4.87. The fourth-order valence-corrected chi connectivity index (χ4v) is 1.87. The Labute approximate surface area is 72.7 Å². The van der Waals surface area contributed by atoms with Crippen molar-refractivity contribution < 1.29 is 0 Å². The van der Waals surface area contributed by atoms with Crippen molar-refractivity contribution in [1.29, 1.82) is 0 Å². The average molecular weight is 169 g/mol. The summed E-state index contributed by atoms with van der Waals surface area (Å²) in [4.78, 5) is 3.79. The van der Waals surface area contributed by atoms with Gasteiger partial charge in [0.2, 0.25) is 0 Å². The fourth-order valence-electron chi connectivity index (χ4n) is 1.02. The topological polar surface area (TPSA) is 3.24 Å². The summed E-state index contributed by atoms with van der Waals surface area (Å²) in [5, 5.41) is 2.13. The van der Waals surface area contributed by atoms with E-state index in [1.165, 1.54) is 4.88 Å². The minimum Gasteiger partial charge on any atom is -0.299 e. The lowest BCUT2D eigenvalue weighted by Gasteiger charge is -2.21. The van der Waals surface area contributed by atoms with Crippen molar-refractivity contribution in [3.63, 3.8) is 0 Å². The van der Waals surface area contributed by atoms with E-state index in [9.17, 15) is 0 Å². The van der Waals surface area contributed by atoms with Gasteiger partial charge in [0.1, 0.15) is 0 Å². The maximum Gasteiger partial charge on any atom is 0.0410 e. The first kappa shape index (κ1) is 8.75. The van der Waals surface area contributed by atoms with Crippen molar-refractivity contribution in [2.45, 2.75) is 19.9 Å². The van der Waals surface area contributed by atoms with Crippen molar-refractivity contribution in [2.75, 3.05) is 13.6 Å². The summed E-state index contributed by atoms with van der Waals surface area (Å²) >= 11 is 1.83. The van der Waals surface area contributed by atoms with Crippen LogP contribution in [-0.2, 0) is 0 Å². The van der Waals surface area contributed by atoms with Gasteiger partial charge in [-0.05, 0) is 32.0 Å². The standard InChI is InChI=1S/C9H15NS/c1-4-10(3)8(2)9-6-5-7-11-9/h5-8H,4H2,1-3H3. The van der Waals surface area contributed by atoms with Crippen molar-refractivity contribution >= 4 is 11.3 Å². The molecule has 1 heterocycles. The largest absolute Gasteiger partial charge is 0.299 e. The smallest absolute Gasteiger partial charge is 0.0410 e. The molecule has 0 aliphatic carbocycles. The second-order valence-corrected chi connectivity index (χ2v) is 3.74. The third kappa shape index (κ3) is 2.04. The van der Waals surface area contributed by atoms with Crippen molar-refractivity contribution in [3.05, 3.63) is 22.4 Å². The molecule has 0 bridgehead atoms. The van der Waals surface area contributed by atoms with Crippen LogP contribution in [0, 0.1) is 0 Å². The molecule has 0 aliphatic rings. The molecule has 2 heteroatoms. The summed E-state index contributed by atoms with van der Waals surface area (Å²) in [5.74, 6) is 0. The summed E-state index contributed by atoms with van der Waals surface area (Å²) in [7, 11) is 2.16. The molecule has 0 N–H and O–H groups in total. The van der Waals surface area contributed by atoms with E-state index in [0.29, 0.717) is 6.04 Å². The van der Waals surface area contributed by atoms with E-state index in [1.54, 1.807) is 0 Å². The van der Waals surface area contributed by atoms with Crippen LogP contribution in [0.3, 0.4) is 0 Å². The monoisotopic (exact) mass is 169 g/mol. The Balaban J connectivity index is 2.62. The lowest BCUT2D eigenvalue weighted by atomic mass is 10.2. The average Bonchev–Trinajstić information content (AvgIpc) is 2.53. The molecule has 1 nitrogen and oxygen atoms in total. The van der Waals surface area contributed by atoms with Crippen LogP contribution in [0.2, 0.25) is 0 Å². The molecular formula is C9H15NS. The molecule has 0 radical (unpaired) electrons. The SMILES string of the molecule is CCN(C)C(C)c1cccs1. The Bertz CT molecular complexity index is 193. The summed E-state index contributed by atoms with van der Waals surface area (Å²) in [6.07, 6.45) is 0. The van der Waals surface area contributed by atoms with Crippen molar-refractivity contribution in [1.82, 2.24) is 4.90 Å². The minimum atomic E-state index is 0.569. The third-order valence-electron chi connectivity index (χ3n) is 2.11. The number of hydrogen-bond donors (Lipinski definition) is 0. The van der Waals surface area contributed by atoms with E-state index in [1.807, 2.05) is 11.3 Å². The summed E-state index contributed by atoms with van der Waals surface area (Å²) in [6.45, 7) is 5.54. The van der Waals surface area contributed by atoms with E-state index in [4.69, 9.17) is 0 Å². The molecule has 0 amide bonds. The van der Waals surface area contributed by atoms with Gasteiger partial charge in [-0.1, -0.05) is 13.0 Å². The Hall–Kier alpha value is -0.340. The highest BCUT2D eigenvalue weighted by atomic mass is 32.1. The van der Waals surface area contributed by atoms with Gasteiger partial charge in [-0.2, -0.15) is 0 Å². The Morgan fingerprint density at radius 1 is 1.64 bits per heavy atom. The molecule has 1 aromatic heterocycles. The zero-order chi connectivity index (χ0) is 8.27. The van der Waals surface area contributed by atoms with Crippen molar-refractivity contribution in [3.8, 4) is 0 Å². The molecule has 0 saturated heterocycles. The molecule has 1 unspecified atom stereocenters. The maximum atomic E-state index is 2.34. The minimum absolute atomic E-state index is 0.569. The predicted octanol–water partition coefficient (Wildman–Crippen LogP) is 2.76. The van der Waals surface area contributed by atoms with Crippen LogP contribution in [0.4, 0.5) is 0 Å². The van der Waals surface area contributed by atoms with E-state index >= 15 is 0 Å². The van der Waals surface area contributed by atoms with Crippen LogP contribution in [0.1, 0.15) is 24.8 Å². The summed E-state index contributed by atoms with van der Waals surface area (Å²) < 4.78 is 0. The summed E-state index contributed by atoms with van der Waals surface area (Å²) in [6, 6.07) is 4.88. The van der Waals surface area contributed by atoms with E-state index in [2.05, 4.69) is 43.3 Å². The van der Waals surface area contributed by atoms with Crippen molar-refractivity contribution in [2.24, 2.45) is 0 Å².